The maximum atomic E-state index is 6.19. The second-order valence-electron chi connectivity index (χ2n) is 9.12. The number of benzene rings is 1. The summed E-state index contributed by atoms with van der Waals surface area (Å²) < 4.78 is 0. The van der Waals surface area contributed by atoms with Gasteiger partial charge in [0.1, 0.15) is 0 Å². The molecule has 2 aliphatic rings. The molecule has 0 fully saturated rings. The van der Waals surface area contributed by atoms with Crippen LogP contribution in [0.3, 0.4) is 0 Å². The minimum absolute atomic E-state index is 0.291. The van der Waals surface area contributed by atoms with Crippen LogP contribution >= 0.6 is 0 Å². The van der Waals surface area contributed by atoms with Gasteiger partial charge in [-0.1, -0.05) is 43.9 Å². The van der Waals surface area contributed by atoms with Gasteiger partial charge >= 0.3 is 0 Å². The molecule has 2 atom stereocenters. The van der Waals surface area contributed by atoms with Crippen molar-refractivity contribution in [3.05, 3.63) is 82.0 Å². The fraction of sp³-hybridized carbons (Fsp3) is 0.345. The molecule has 2 aliphatic carbocycles. The van der Waals surface area contributed by atoms with Gasteiger partial charge in [0.2, 0.25) is 0 Å². The van der Waals surface area contributed by atoms with E-state index in [1.54, 1.807) is 0 Å². The van der Waals surface area contributed by atoms with Crippen LogP contribution < -0.4 is 16.2 Å². The zero-order valence-electron chi connectivity index (χ0n) is 19.1. The highest BCUT2D eigenvalue weighted by Crippen LogP contribution is 2.31. The van der Waals surface area contributed by atoms with Gasteiger partial charge < -0.3 is 5.73 Å². The first-order chi connectivity index (χ1) is 15.0. The highest BCUT2D eigenvalue weighted by atomic mass is 14.7. The smallest absolute Gasteiger partial charge is 0.0705 e. The fourth-order valence-corrected chi connectivity index (χ4v) is 4.70. The third kappa shape index (κ3) is 4.65. The lowest BCUT2D eigenvalue weighted by Gasteiger charge is -2.20. The summed E-state index contributed by atoms with van der Waals surface area (Å²) in [6.45, 7) is 10.9. The fourth-order valence-electron chi connectivity index (χ4n) is 4.70. The number of rotatable bonds is 4. The van der Waals surface area contributed by atoms with E-state index in [1.807, 2.05) is 13.0 Å². The van der Waals surface area contributed by atoms with Gasteiger partial charge in [-0.3, -0.25) is 4.98 Å². The lowest BCUT2D eigenvalue weighted by Crippen LogP contribution is -2.30. The van der Waals surface area contributed by atoms with Crippen molar-refractivity contribution in [2.75, 3.05) is 0 Å². The Morgan fingerprint density at radius 3 is 2.65 bits per heavy atom. The van der Waals surface area contributed by atoms with Crippen LogP contribution in [-0.4, -0.2) is 11.0 Å². The number of hydrogen-bond acceptors (Lipinski definition) is 2. The van der Waals surface area contributed by atoms with Gasteiger partial charge in [-0.15, -0.1) is 0 Å². The molecule has 1 heterocycles. The highest BCUT2D eigenvalue weighted by molar-refractivity contribution is 6.03. The molecule has 2 aromatic rings. The molecular formula is C29H34N2. The molecule has 2 unspecified atom stereocenters. The van der Waals surface area contributed by atoms with Gasteiger partial charge in [-0.25, -0.2) is 0 Å². The van der Waals surface area contributed by atoms with Crippen LogP contribution in [0.2, 0.25) is 0 Å². The van der Waals surface area contributed by atoms with Gasteiger partial charge in [0.25, 0.3) is 0 Å². The molecule has 0 spiro atoms. The molecule has 1 aromatic heterocycles. The Labute approximate surface area is 186 Å². The van der Waals surface area contributed by atoms with Crippen molar-refractivity contribution in [1.82, 2.24) is 4.98 Å². The first-order valence-corrected chi connectivity index (χ1v) is 11.6. The minimum atomic E-state index is 0.291. The third-order valence-electron chi connectivity index (χ3n) is 6.60. The van der Waals surface area contributed by atoms with E-state index in [1.165, 1.54) is 27.1 Å². The van der Waals surface area contributed by atoms with Gasteiger partial charge in [-0.05, 0) is 109 Å². The molecule has 2 heteroatoms. The lowest BCUT2D eigenvalue weighted by molar-refractivity contribution is 0.614. The Bertz CT molecular complexity index is 1180. The summed E-state index contributed by atoms with van der Waals surface area (Å²) in [4.78, 5) is 4.72. The molecule has 160 valence electrons. The van der Waals surface area contributed by atoms with Crippen molar-refractivity contribution in [2.45, 2.75) is 58.9 Å². The molecule has 0 radical (unpaired) electrons. The minimum Gasteiger partial charge on any atom is -0.327 e. The number of aryl methyl sites for hydroxylation is 1. The average Bonchev–Trinajstić information content (AvgIpc) is 2.96. The van der Waals surface area contributed by atoms with Crippen molar-refractivity contribution >= 4 is 28.9 Å². The highest BCUT2D eigenvalue weighted by Gasteiger charge is 2.17. The van der Waals surface area contributed by atoms with Crippen LogP contribution in [-0.2, 0) is 0 Å². The van der Waals surface area contributed by atoms with Crippen molar-refractivity contribution in [1.29, 1.82) is 0 Å². The maximum absolute atomic E-state index is 6.19. The summed E-state index contributed by atoms with van der Waals surface area (Å²) in [5, 5.41) is 2.74. The summed E-state index contributed by atoms with van der Waals surface area (Å²) in [6, 6.07) is 11.1. The Kier molecular flexibility index (Phi) is 6.38. The zero-order chi connectivity index (χ0) is 22.0. The number of hydrogen-bond donors (Lipinski definition) is 1. The predicted octanol–water partition coefficient (Wildman–Crippen LogP) is 5.39. The molecule has 31 heavy (non-hydrogen) atoms. The molecule has 0 aliphatic heterocycles. The topological polar surface area (TPSA) is 38.9 Å². The van der Waals surface area contributed by atoms with Crippen molar-refractivity contribution < 1.29 is 0 Å². The molecule has 4 rings (SSSR count). The Morgan fingerprint density at radius 2 is 1.94 bits per heavy atom. The lowest BCUT2D eigenvalue weighted by atomic mass is 9.86. The molecule has 2 nitrogen and oxygen atoms in total. The third-order valence-corrected chi connectivity index (χ3v) is 6.60. The zero-order valence-corrected chi connectivity index (χ0v) is 19.1. The van der Waals surface area contributed by atoms with Crippen molar-refractivity contribution in [2.24, 2.45) is 11.7 Å². The summed E-state index contributed by atoms with van der Waals surface area (Å²) in [6.07, 6.45) is 14.7. The first kappa shape index (κ1) is 21.5. The number of aromatic nitrogens is 1. The quantitative estimate of drug-likeness (QED) is 0.686. The van der Waals surface area contributed by atoms with Gasteiger partial charge in [0, 0.05) is 17.3 Å². The molecule has 2 N–H and O–H groups in total. The Morgan fingerprint density at radius 1 is 1.13 bits per heavy atom. The Balaban J connectivity index is 1.87. The molecule has 0 amide bonds. The van der Waals surface area contributed by atoms with E-state index < -0.39 is 0 Å². The number of fused-ring (bicyclic) bond motifs is 1. The molecule has 0 bridgehead atoms. The number of nitrogens with two attached hydrogens (primary N) is 1. The molecule has 0 saturated heterocycles. The average molecular weight is 411 g/mol. The van der Waals surface area contributed by atoms with Gasteiger partial charge in [0.15, 0.2) is 0 Å². The van der Waals surface area contributed by atoms with Crippen molar-refractivity contribution in [3.8, 4) is 0 Å². The first-order valence-electron chi connectivity index (χ1n) is 11.6. The van der Waals surface area contributed by atoms with Crippen LogP contribution in [0.15, 0.2) is 49.1 Å². The molecule has 1 aromatic carbocycles. The number of allylic oxidation sites excluding steroid dienone is 4. The Hall–Kier alpha value is -2.71. The second-order valence-corrected chi connectivity index (χ2v) is 9.12. The van der Waals surface area contributed by atoms with Crippen LogP contribution in [0.5, 0.6) is 0 Å². The normalized spacial score (nSPS) is 21.3. The summed E-state index contributed by atoms with van der Waals surface area (Å²) in [5.74, 6) is 0.671. The van der Waals surface area contributed by atoms with E-state index in [0.717, 1.165) is 54.6 Å². The summed E-state index contributed by atoms with van der Waals surface area (Å²) in [5.41, 5.74) is 14.3. The standard InChI is InChI=1S/C29H34N2/c1-5-26(21(4)29-8-6-7-20(3)31-29)24-17-23-11-9-19(2)10-16-27(23)28(18-24)22-12-14-25(30)15-13-22/h5-8,11-12,16-19,25H,4,9-10,13-15,30H2,1-3H3/b26-5+. The van der Waals surface area contributed by atoms with Gasteiger partial charge in [-0.2, -0.15) is 0 Å². The van der Waals surface area contributed by atoms with Crippen molar-refractivity contribution in [3.63, 3.8) is 0 Å². The monoisotopic (exact) mass is 410 g/mol. The van der Waals surface area contributed by atoms with E-state index in [-0.39, 0.29) is 0 Å². The molecule has 0 saturated carbocycles. The van der Waals surface area contributed by atoms with E-state index in [4.69, 9.17) is 10.7 Å². The van der Waals surface area contributed by atoms with Gasteiger partial charge in [0.05, 0.1) is 5.69 Å². The second kappa shape index (κ2) is 9.20. The van der Waals surface area contributed by atoms with E-state index in [0.29, 0.717) is 12.0 Å². The van der Waals surface area contributed by atoms with E-state index >= 15 is 0 Å². The summed E-state index contributed by atoms with van der Waals surface area (Å²) in [7, 11) is 0. The van der Waals surface area contributed by atoms with Crippen LogP contribution in [0.25, 0.3) is 28.9 Å². The predicted molar refractivity (Wildman–Crippen MR) is 134 cm³/mol. The van der Waals surface area contributed by atoms with E-state index in [9.17, 15) is 0 Å². The SMILES string of the molecule is C=C(/C(=C\C)c1cc(C2=CCC(N)CC2)c2c(c1)=CCC(C)CC=2)c1cccc(C)n1. The number of nitrogens with zero attached hydrogens (tertiary/aromatic N) is 1. The summed E-state index contributed by atoms with van der Waals surface area (Å²) >= 11 is 0. The largest absolute Gasteiger partial charge is 0.327 e. The number of pyridine rings is 1. The van der Waals surface area contributed by atoms with Crippen LogP contribution in [0.4, 0.5) is 0 Å². The van der Waals surface area contributed by atoms with Crippen LogP contribution in [0, 0.1) is 12.8 Å². The maximum Gasteiger partial charge on any atom is 0.0705 e. The molecular weight excluding hydrogens is 376 g/mol. The van der Waals surface area contributed by atoms with Crippen LogP contribution in [0.1, 0.15) is 68.5 Å². The van der Waals surface area contributed by atoms with E-state index in [2.05, 4.69) is 69.0 Å².